The van der Waals surface area contributed by atoms with Crippen LogP contribution in [0.15, 0.2) is 72.8 Å². The minimum atomic E-state index is -1.07. The van der Waals surface area contributed by atoms with Crippen LogP contribution in [-0.2, 0) is 4.74 Å². The number of ether oxygens (including phenoxy) is 1. The highest BCUT2D eigenvalue weighted by molar-refractivity contribution is 5.97. The number of amides is 1. The van der Waals surface area contributed by atoms with Crippen LogP contribution in [0.1, 0.15) is 39.4 Å². The molecule has 4 N–H and O–H groups in total. The Bertz CT molecular complexity index is 1140. The molecule has 6 heteroatoms. The Labute approximate surface area is 186 Å². The fourth-order valence-electron chi connectivity index (χ4n) is 4.09. The standard InChI is InChI=1S/C26H24N2O4/c27-23-14-7-9-17(24(23)25(29)30)8-5-6-15-28-26(31)32-16-22-20-12-3-1-10-18(20)19-11-2-4-13-21(19)22/h1-5,7-14,22H,6,15-16,27H2,(H,28,31)(H,29,30). The number of alkyl carbamates (subject to hydrolysis) is 1. The van der Waals surface area contributed by atoms with Crippen molar-refractivity contribution in [1.82, 2.24) is 5.32 Å². The van der Waals surface area contributed by atoms with Gasteiger partial charge in [0.2, 0.25) is 0 Å². The molecule has 0 atom stereocenters. The van der Waals surface area contributed by atoms with Crippen LogP contribution in [0.3, 0.4) is 0 Å². The van der Waals surface area contributed by atoms with Crippen LogP contribution in [-0.4, -0.2) is 30.3 Å². The molecule has 0 saturated carbocycles. The molecule has 4 rings (SSSR count). The summed E-state index contributed by atoms with van der Waals surface area (Å²) in [5.74, 6) is -1.05. The van der Waals surface area contributed by atoms with E-state index in [4.69, 9.17) is 10.5 Å². The number of carbonyl (C=O) groups excluding carboxylic acids is 1. The number of hydrogen-bond acceptors (Lipinski definition) is 4. The molecule has 0 heterocycles. The molecule has 3 aromatic carbocycles. The largest absolute Gasteiger partial charge is 0.478 e. The molecule has 0 unspecified atom stereocenters. The number of aromatic carboxylic acids is 1. The molecule has 0 saturated heterocycles. The van der Waals surface area contributed by atoms with Crippen molar-refractivity contribution in [2.24, 2.45) is 0 Å². The summed E-state index contributed by atoms with van der Waals surface area (Å²) >= 11 is 0. The van der Waals surface area contributed by atoms with Gasteiger partial charge >= 0.3 is 12.1 Å². The number of nitrogen functional groups attached to an aromatic ring is 1. The molecule has 0 fully saturated rings. The summed E-state index contributed by atoms with van der Waals surface area (Å²) in [5.41, 5.74) is 11.3. The fourth-order valence-corrected chi connectivity index (χ4v) is 4.09. The van der Waals surface area contributed by atoms with Gasteiger partial charge < -0.3 is 20.9 Å². The van der Waals surface area contributed by atoms with E-state index in [1.54, 1.807) is 30.4 Å². The number of carboxylic acids is 1. The van der Waals surface area contributed by atoms with Gasteiger partial charge in [-0.05, 0) is 40.3 Å². The Morgan fingerprint density at radius 1 is 0.969 bits per heavy atom. The Morgan fingerprint density at radius 3 is 2.28 bits per heavy atom. The van der Waals surface area contributed by atoms with Gasteiger partial charge in [-0.1, -0.05) is 72.8 Å². The second-order valence-corrected chi connectivity index (χ2v) is 7.56. The smallest absolute Gasteiger partial charge is 0.407 e. The number of nitrogens with two attached hydrogens (primary N) is 1. The number of carboxylic acid groups (broad SMARTS) is 1. The van der Waals surface area contributed by atoms with Crippen LogP contribution in [0.5, 0.6) is 0 Å². The van der Waals surface area contributed by atoms with Crippen LogP contribution in [0.4, 0.5) is 10.5 Å². The second kappa shape index (κ2) is 9.39. The minimum absolute atomic E-state index is 0.0195. The van der Waals surface area contributed by atoms with Crippen LogP contribution in [0, 0.1) is 0 Å². The minimum Gasteiger partial charge on any atom is -0.478 e. The van der Waals surface area contributed by atoms with E-state index in [0.29, 0.717) is 18.5 Å². The van der Waals surface area contributed by atoms with Crippen molar-refractivity contribution in [1.29, 1.82) is 0 Å². The van der Waals surface area contributed by atoms with Gasteiger partial charge in [-0.15, -0.1) is 0 Å². The number of fused-ring (bicyclic) bond motifs is 3. The van der Waals surface area contributed by atoms with E-state index < -0.39 is 12.1 Å². The molecule has 1 amide bonds. The molecular weight excluding hydrogens is 404 g/mol. The number of nitrogens with one attached hydrogen (secondary N) is 1. The van der Waals surface area contributed by atoms with Gasteiger partial charge in [-0.3, -0.25) is 0 Å². The summed E-state index contributed by atoms with van der Waals surface area (Å²) in [6.45, 7) is 0.638. The summed E-state index contributed by atoms with van der Waals surface area (Å²) in [6, 6.07) is 21.3. The normalized spacial score (nSPS) is 12.4. The predicted molar refractivity (Wildman–Crippen MR) is 125 cm³/mol. The molecule has 0 aromatic heterocycles. The van der Waals surface area contributed by atoms with Crippen molar-refractivity contribution in [3.05, 3.63) is 95.1 Å². The zero-order valence-corrected chi connectivity index (χ0v) is 17.5. The lowest BCUT2D eigenvalue weighted by Gasteiger charge is -2.14. The lowest BCUT2D eigenvalue weighted by molar-refractivity contribution is 0.0697. The van der Waals surface area contributed by atoms with Gasteiger partial charge in [0.05, 0.1) is 5.56 Å². The summed E-state index contributed by atoms with van der Waals surface area (Å²) in [4.78, 5) is 23.6. The van der Waals surface area contributed by atoms with Crippen LogP contribution >= 0.6 is 0 Å². The third kappa shape index (κ3) is 4.34. The van der Waals surface area contributed by atoms with Crippen molar-refractivity contribution in [3.63, 3.8) is 0 Å². The highest BCUT2D eigenvalue weighted by Gasteiger charge is 2.28. The molecule has 3 aromatic rings. The van der Waals surface area contributed by atoms with Gasteiger partial charge in [0.15, 0.2) is 0 Å². The average Bonchev–Trinajstić information content (AvgIpc) is 3.11. The number of rotatable bonds is 7. The van der Waals surface area contributed by atoms with Gasteiger partial charge in [-0.25, -0.2) is 9.59 Å². The van der Waals surface area contributed by atoms with E-state index in [9.17, 15) is 14.7 Å². The quantitative estimate of drug-likeness (QED) is 0.367. The number of benzene rings is 3. The van der Waals surface area contributed by atoms with Crippen molar-refractivity contribution in [2.75, 3.05) is 18.9 Å². The Kier molecular flexibility index (Phi) is 6.22. The van der Waals surface area contributed by atoms with Crippen molar-refractivity contribution in [2.45, 2.75) is 12.3 Å². The summed E-state index contributed by atoms with van der Waals surface area (Å²) < 4.78 is 5.50. The van der Waals surface area contributed by atoms with E-state index in [1.807, 2.05) is 24.3 Å². The molecule has 0 aliphatic heterocycles. The van der Waals surface area contributed by atoms with Gasteiger partial charge in [-0.2, -0.15) is 0 Å². The van der Waals surface area contributed by atoms with E-state index in [-0.39, 0.29) is 23.8 Å². The highest BCUT2D eigenvalue weighted by atomic mass is 16.5. The fraction of sp³-hybridized carbons (Fsp3) is 0.154. The van der Waals surface area contributed by atoms with Crippen molar-refractivity contribution < 1.29 is 19.4 Å². The first kappa shape index (κ1) is 21.2. The third-order valence-corrected chi connectivity index (χ3v) is 5.56. The topological polar surface area (TPSA) is 102 Å². The van der Waals surface area contributed by atoms with Gasteiger partial charge in [0, 0.05) is 18.2 Å². The Balaban J connectivity index is 1.29. The van der Waals surface area contributed by atoms with Crippen molar-refractivity contribution >= 4 is 23.8 Å². The van der Waals surface area contributed by atoms with E-state index in [0.717, 1.165) is 0 Å². The first-order valence-corrected chi connectivity index (χ1v) is 10.4. The summed E-state index contributed by atoms with van der Waals surface area (Å²) in [5, 5.41) is 12.0. The maximum atomic E-state index is 12.2. The zero-order valence-electron chi connectivity index (χ0n) is 17.5. The molecule has 0 spiro atoms. The molecule has 0 radical (unpaired) electrons. The zero-order chi connectivity index (χ0) is 22.5. The Hall–Kier alpha value is -4.06. The summed E-state index contributed by atoms with van der Waals surface area (Å²) in [6.07, 6.45) is 3.54. The molecule has 32 heavy (non-hydrogen) atoms. The predicted octanol–water partition coefficient (Wildman–Crippen LogP) is 4.91. The van der Waals surface area contributed by atoms with Crippen LogP contribution in [0.25, 0.3) is 17.2 Å². The maximum absolute atomic E-state index is 12.2. The molecule has 162 valence electrons. The first-order valence-electron chi connectivity index (χ1n) is 10.4. The van der Waals surface area contributed by atoms with E-state index >= 15 is 0 Å². The van der Waals surface area contributed by atoms with Crippen molar-refractivity contribution in [3.8, 4) is 11.1 Å². The monoisotopic (exact) mass is 428 g/mol. The first-order chi connectivity index (χ1) is 15.6. The van der Waals surface area contributed by atoms with E-state index in [1.165, 1.54) is 22.3 Å². The summed E-state index contributed by atoms with van der Waals surface area (Å²) in [7, 11) is 0. The molecule has 0 bridgehead atoms. The lowest BCUT2D eigenvalue weighted by Crippen LogP contribution is -2.26. The van der Waals surface area contributed by atoms with E-state index in [2.05, 4.69) is 29.6 Å². The Morgan fingerprint density at radius 2 is 1.62 bits per heavy atom. The molecular formula is C26H24N2O4. The third-order valence-electron chi connectivity index (χ3n) is 5.56. The van der Waals surface area contributed by atoms with Crippen LogP contribution in [0.2, 0.25) is 0 Å². The van der Waals surface area contributed by atoms with Crippen LogP contribution < -0.4 is 11.1 Å². The highest BCUT2D eigenvalue weighted by Crippen LogP contribution is 2.44. The number of carbonyl (C=O) groups is 2. The SMILES string of the molecule is Nc1cccc(C=CCCNC(=O)OCC2c3ccccc3-c3ccccc32)c1C(=O)O. The average molecular weight is 428 g/mol. The molecule has 6 nitrogen and oxygen atoms in total. The number of hydrogen-bond donors (Lipinski definition) is 3. The molecule has 1 aliphatic rings. The van der Waals surface area contributed by atoms with Gasteiger partial charge in [0.25, 0.3) is 0 Å². The van der Waals surface area contributed by atoms with Gasteiger partial charge in [0.1, 0.15) is 6.61 Å². The maximum Gasteiger partial charge on any atom is 0.407 e. The lowest BCUT2D eigenvalue weighted by atomic mass is 9.98. The number of anilines is 1. The second-order valence-electron chi connectivity index (χ2n) is 7.56. The molecule has 1 aliphatic carbocycles.